The molecule has 1 aliphatic rings. The van der Waals surface area contributed by atoms with Gasteiger partial charge in [0.1, 0.15) is 0 Å². The first-order chi connectivity index (χ1) is 9.95. The molecule has 0 saturated carbocycles. The first-order valence-electron chi connectivity index (χ1n) is 6.41. The van der Waals surface area contributed by atoms with Gasteiger partial charge in [-0.1, -0.05) is 27.5 Å². The molecule has 8 heteroatoms. The zero-order valence-electron chi connectivity index (χ0n) is 11.2. The topological polar surface area (TPSA) is 72.9 Å². The molecule has 6 nitrogen and oxygen atoms in total. The van der Waals surface area contributed by atoms with E-state index in [9.17, 15) is 9.59 Å². The average Bonchev–Trinajstić information content (AvgIpc) is 2.43. The summed E-state index contributed by atoms with van der Waals surface area (Å²) >= 11 is 9.36. The molecule has 1 aromatic rings. The highest BCUT2D eigenvalue weighted by Crippen LogP contribution is 2.26. The van der Waals surface area contributed by atoms with Crippen molar-refractivity contribution in [2.45, 2.75) is 0 Å². The largest absolute Gasteiger partial charge is 0.480 e. The summed E-state index contributed by atoms with van der Waals surface area (Å²) in [5, 5.41) is 12.0. The Balaban J connectivity index is 1.90. The number of rotatable bonds is 3. The highest BCUT2D eigenvalue weighted by Gasteiger charge is 2.22. The molecule has 0 bridgehead atoms. The maximum atomic E-state index is 12.2. The van der Waals surface area contributed by atoms with Gasteiger partial charge >= 0.3 is 12.0 Å². The van der Waals surface area contributed by atoms with Gasteiger partial charge in [-0.05, 0) is 18.2 Å². The molecule has 21 heavy (non-hydrogen) atoms. The number of aliphatic carboxylic acids is 1. The number of carboxylic acids is 1. The number of nitrogens with zero attached hydrogens (tertiary/aromatic N) is 2. The van der Waals surface area contributed by atoms with Crippen LogP contribution in [0, 0.1) is 0 Å². The molecule has 0 radical (unpaired) electrons. The second-order valence-corrected chi connectivity index (χ2v) is 6.03. The number of amides is 2. The van der Waals surface area contributed by atoms with Gasteiger partial charge in [-0.25, -0.2) is 4.79 Å². The van der Waals surface area contributed by atoms with Crippen molar-refractivity contribution in [2.75, 3.05) is 38.0 Å². The van der Waals surface area contributed by atoms with Gasteiger partial charge in [-0.3, -0.25) is 9.69 Å². The van der Waals surface area contributed by atoms with Crippen molar-refractivity contribution in [3.63, 3.8) is 0 Å². The Morgan fingerprint density at radius 2 is 1.95 bits per heavy atom. The smallest absolute Gasteiger partial charge is 0.321 e. The average molecular weight is 377 g/mol. The number of halogens is 2. The van der Waals surface area contributed by atoms with E-state index < -0.39 is 5.97 Å². The van der Waals surface area contributed by atoms with Crippen molar-refractivity contribution >= 4 is 45.2 Å². The van der Waals surface area contributed by atoms with Crippen molar-refractivity contribution in [3.8, 4) is 0 Å². The Morgan fingerprint density at radius 3 is 2.57 bits per heavy atom. The molecule has 114 valence electrons. The van der Waals surface area contributed by atoms with Crippen LogP contribution >= 0.6 is 27.5 Å². The molecule has 0 unspecified atom stereocenters. The van der Waals surface area contributed by atoms with E-state index in [4.69, 9.17) is 16.7 Å². The van der Waals surface area contributed by atoms with Gasteiger partial charge in [0.15, 0.2) is 0 Å². The standard InChI is InChI=1S/C13H15BrClN3O3/c14-9-1-2-10(15)11(7-9)16-13(21)18-5-3-17(4-6-18)8-12(19)20/h1-2,7H,3-6,8H2,(H,16,21)(H,19,20). The molecule has 0 spiro atoms. The fraction of sp³-hybridized carbons (Fsp3) is 0.385. The maximum Gasteiger partial charge on any atom is 0.321 e. The van der Waals surface area contributed by atoms with Crippen LogP contribution in [0.2, 0.25) is 5.02 Å². The monoisotopic (exact) mass is 375 g/mol. The first kappa shape index (κ1) is 16.1. The Morgan fingerprint density at radius 1 is 1.29 bits per heavy atom. The number of carboxylic acid groups (broad SMARTS) is 1. The molecule has 0 atom stereocenters. The summed E-state index contributed by atoms with van der Waals surface area (Å²) in [6.07, 6.45) is 0. The minimum absolute atomic E-state index is 0.00686. The van der Waals surface area contributed by atoms with Crippen LogP contribution in [0.3, 0.4) is 0 Å². The number of hydrogen-bond donors (Lipinski definition) is 2. The second-order valence-electron chi connectivity index (χ2n) is 4.71. The van der Waals surface area contributed by atoms with E-state index in [-0.39, 0.29) is 12.6 Å². The lowest BCUT2D eigenvalue weighted by Crippen LogP contribution is -2.51. The van der Waals surface area contributed by atoms with Crippen molar-refractivity contribution in [3.05, 3.63) is 27.7 Å². The van der Waals surface area contributed by atoms with E-state index in [1.54, 1.807) is 28.0 Å². The van der Waals surface area contributed by atoms with Gasteiger partial charge in [0.25, 0.3) is 0 Å². The molecular formula is C13H15BrClN3O3. The molecule has 1 saturated heterocycles. The van der Waals surface area contributed by atoms with Crippen LogP contribution in [0.25, 0.3) is 0 Å². The van der Waals surface area contributed by atoms with Gasteiger partial charge in [-0.15, -0.1) is 0 Å². The number of anilines is 1. The molecule has 1 aromatic carbocycles. The zero-order chi connectivity index (χ0) is 15.4. The molecule has 0 aromatic heterocycles. The molecule has 1 fully saturated rings. The Hall–Kier alpha value is -1.31. The van der Waals surface area contributed by atoms with Crippen LogP contribution < -0.4 is 5.32 Å². The molecule has 2 rings (SSSR count). The summed E-state index contributed by atoms with van der Waals surface area (Å²) in [5.41, 5.74) is 0.545. The first-order valence-corrected chi connectivity index (χ1v) is 7.58. The maximum absolute atomic E-state index is 12.2. The van der Waals surface area contributed by atoms with Gasteiger partial charge in [0, 0.05) is 30.7 Å². The summed E-state index contributed by atoms with van der Waals surface area (Å²) in [6.45, 7) is 2.08. The van der Waals surface area contributed by atoms with Crippen LogP contribution in [0.15, 0.2) is 22.7 Å². The molecule has 1 heterocycles. The molecule has 1 aliphatic heterocycles. The third-order valence-corrected chi connectivity index (χ3v) is 4.01. The number of piperazine rings is 1. The Labute approximate surface area is 135 Å². The van der Waals surface area contributed by atoms with E-state index in [1.807, 2.05) is 0 Å². The third-order valence-electron chi connectivity index (χ3n) is 3.19. The number of nitrogens with one attached hydrogen (secondary N) is 1. The van der Waals surface area contributed by atoms with E-state index >= 15 is 0 Å². The quantitative estimate of drug-likeness (QED) is 0.849. The van der Waals surface area contributed by atoms with Gasteiger partial charge in [0.2, 0.25) is 0 Å². The lowest BCUT2D eigenvalue weighted by Gasteiger charge is -2.33. The van der Waals surface area contributed by atoms with Crippen LogP contribution in [-0.4, -0.2) is 59.6 Å². The van der Waals surface area contributed by atoms with Crippen LogP contribution in [0.5, 0.6) is 0 Å². The summed E-state index contributed by atoms with van der Waals surface area (Å²) < 4.78 is 0.827. The fourth-order valence-electron chi connectivity index (χ4n) is 2.09. The van der Waals surface area contributed by atoms with Gasteiger partial charge in [-0.2, -0.15) is 0 Å². The summed E-state index contributed by atoms with van der Waals surface area (Å²) in [6, 6.07) is 5.00. The van der Waals surface area contributed by atoms with Crippen LogP contribution in [0.1, 0.15) is 0 Å². The fourth-order valence-corrected chi connectivity index (χ4v) is 2.61. The van der Waals surface area contributed by atoms with Gasteiger partial charge in [0.05, 0.1) is 17.3 Å². The molecular weight excluding hydrogens is 362 g/mol. The van der Waals surface area contributed by atoms with Crippen molar-refractivity contribution in [2.24, 2.45) is 0 Å². The summed E-state index contributed by atoms with van der Waals surface area (Å²) in [4.78, 5) is 26.3. The van der Waals surface area contributed by atoms with E-state index in [0.29, 0.717) is 36.9 Å². The van der Waals surface area contributed by atoms with Crippen molar-refractivity contribution < 1.29 is 14.7 Å². The number of benzene rings is 1. The lowest BCUT2D eigenvalue weighted by molar-refractivity contribution is -0.138. The Kier molecular flexibility index (Phi) is 5.44. The molecule has 0 aliphatic carbocycles. The number of urea groups is 1. The Bertz CT molecular complexity index is 547. The van der Waals surface area contributed by atoms with Crippen molar-refractivity contribution in [1.29, 1.82) is 0 Å². The summed E-state index contributed by atoms with van der Waals surface area (Å²) in [5.74, 6) is -0.853. The van der Waals surface area contributed by atoms with Crippen molar-refractivity contribution in [1.82, 2.24) is 9.80 Å². The predicted molar refractivity (Wildman–Crippen MR) is 83.8 cm³/mol. The minimum Gasteiger partial charge on any atom is -0.480 e. The second kappa shape index (κ2) is 7.11. The normalized spacial score (nSPS) is 15.8. The lowest BCUT2D eigenvalue weighted by atomic mass is 10.3. The van der Waals surface area contributed by atoms with E-state index in [0.717, 1.165) is 4.47 Å². The van der Waals surface area contributed by atoms with E-state index in [1.165, 1.54) is 0 Å². The van der Waals surface area contributed by atoms with E-state index in [2.05, 4.69) is 21.2 Å². The zero-order valence-corrected chi connectivity index (χ0v) is 13.5. The minimum atomic E-state index is -0.853. The SMILES string of the molecule is O=C(O)CN1CCN(C(=O)Nc2cc(Br)ccc2Cl)CC1. The highest BCUT2D eigenvalue weighted by atomic mass is 79.9. The van der Waals surface area contributed by atoms with Gasteiger partial charge < -0.3 is 15.3 Å². The number of hydrogen-bond acceptors (Lipinski definition) is 3. The molecule has 2 N–H and O–H groups in total. The molecule has 2 amide bonds. The van der Waals surface area contributed by atoms with Crippen LogP contribution in [-0.2, 0) is 4.79 Å². The third kappa shape index (κ3) is 4.59. The predicted octanol–water partition coefficient (Wildman–Crippen LogP) is 2.34. The number of carbonyl (C=O) groups excluding carboxylic acids is 1. The van der Waals surface area contributed by atoms with Crippen LogP contribution in [0.4, 0.5) is 10.5 Å². The highest BCUT2D eigenvalue weighted by molar-refractivity contribution is 9.10. The number of carbonyl (C=O) groups is 2. The summed E-state index contributed by atoms with van der Waals surface area (Å²) in [7, 11) is 0.